The van der Waals surface area contributed by atoms with Gasteiger partial charge in [-0.25, -0.2) is 18.7 Å². The Kier molecular flexibility index (Phi) is 6.66. The largest absolute Gasteiger partial charge is 0.445 e. The highest BCUT2D eigenvalue weighted by molar-refractivity contribution is 5.92. The van der Waals surface area contributed by atoms with Gasteiger partial charge in [-0.15, -0.1) is 0 Å². The number of carbonyl (C=O) groups is 1. The quantitative estimate of drug-likeness (QED) is 0.369. The molecule has 0 N–H and O–H groups in total. The average Bonchev–Trinajstić information content (AvgIpc) is 3.34. The number of benzene rings is 2. The predicted octanol–water partition coefficient (Wildman–Crippen LogP) is 5.55. The van der Waals surface area contributed by atoms with Crippen LogP contribution >= 0.6 is 0 Å². The van der Waals surface area contributed by atoms with Crippen molar-refractivity contribution in [3.63, 3.8) is 0 Å². The molecule has 0 bridgehead atoms. The number of amides is 1. The monoisotopic (exact) mass is 473 g/mol. The number of hydrogen-bond acceptors (Lipinski definition) is 4. The molecule has 1 atom stereocenters. The fourth-order valence-electron chi connectivity index (χ4n) is 4.50. The Labute approximate surface area is 202 Å². The van der Waals surface area contributed by atoms with Crippen molar-refractivity contribution in [2.75, 3.05) is 13.1 Å². The molecule has 1 fully saturated rings. The summed E-state index contributed by atoms with van der Waals surface area (Å²) in [6.45, 7) is 1.11. The Morgan fingerprint density at radius 3 is 2.74 bits per heavy atom. The van der Waals surface area contributed by atoms with Crippen molar-refractivity contribution >= 4 is 5.91 Å². The minimum atomic E-state index is -0.285. The van der Waals surface area contributed by atoms with Crippen LogP contribution in [0, 0.1) is 11.6 Å². The average molecular weight is 474 g/mol. The van der Waals surface area contributed by atoms with E-state index in [1.165, 1.54) is 18.2 Å². The van der Waals surface area contributed by atoms with E-state index >= 15 is 0 Å². The first-order chi connectivity index (χ1) is 17.0. The van der Waals surface area contributed by atoms with Gasteiger partial charge in [-0.3, -0.25) is 4.79 Å². The highest BCUT2D eigenvalue weighted by Gasteiger charge is 2.29. The van der Waals surface area contributed by atoms with E-state index in [1.807, 2.05) is 6.07 Å². The molecular weight excluding hydrogens is 448 g/mol. The molecule has 4 aromatic rings. The minimum absolute atomic E-state index is 0.0180. The number of rotatable bonds is 6. The van der Waals surface area contributed by atoms with E-state index < -0.39 is 0 Å². The Balaban J connectivity index is 1.26. The summed E-state index contributed by atoms with van der Waals surface area (Å²) in [6, 6.07) is 18.3. The third-order valence-electron chi connectivity index (χ3n) is 6.25. The van der Waals surface area contributed by atoms with Crippen LogP contribution in [0.1, 0.15) is 57.7 Å². The molecule has 5 rings (SSSR count). The number of oxazole rings is 1. The summed E-state index contributed by atoms with van der Waals surface area (Å²) in [5.41, 5.74) is 2.35. The molecule has 0 aliphatic carbocycles. The molecule has 1 aliphatic rings. The zero-order valence-electron chi connectivity index (χ0n) is 19.2. The lowest BCUT2D eigenvalue weighted by Crippen LogP contribution is -2.39. The maximum Gasteiger partial charge on any atom is 0.272 e. The van der Waals surface area contributed by atoms with Gasteiger partial charge >= 0.3 is 0 Å². The van der Waals surface area contributed by atoms with Crippen LogP contribution in [0.5, 0.6) is 0 Å². The van der Waals surface area contributed by atoms with Crippen molar-refractivity contribution in [3.05, 3.63) is 119 Å². The summed E-state index contributed by atoms with van der Waals surface area (Å²) < 4.78 is 33.5. The second-order valence-electron chi connectivity index (χ2n) is 8.84. The number of pyridine rings is 1. The molecule has 0 spiro atoms. The fraction of sp³-hybridized carbons (Fsp3) is 0.250. The number of piperidine rings is 1. The van der Waals surface area contributed by atoms with E-state index in [1.54, 1.807) is 53.6 Å². The highest BCUT2D eigenvalue weighted by atomic mass is 19.1. The van der Waals surface area contributed by atoms with E-state index in [4.69, 9.17) is 4.42 Å². The van der Waals surface area contributed by atoms with E-state index in [2.05, 4.69) is 9.97 Å². The lowest BCUT2D eigenvalue weighted by Gasteiger charge is -2.31. The molecule has 7 heteroatoms. The van der Waals surface area contributed by atoms with Crippen LogP contribution in [0.3, 0.4) is 0 Å². The van der Waals surface area contributed by atoms with Gasteiger partial charge in [-0.05, 0) is 54.3 Å². The molecule has 1 aliphatic heterocycles. The van der Waals surface area contributed by atoms with Crippen molar-refractivity contribution in [1.29, 1.82) is 0 Å². The number of halogens is 2. The van der Waals surface area contributed by atoms with Crippen molar-refractivity contribution in [2.24, 2.45) is 0 Å². The zero-order chi connectivity index (χ0) is 24.2. The second kappa shape index (κ2) is 10.2. The van der Waals surface area contributed by atoms with Gasteiger partial charge in [0.1, 0.15) is 23.1 Å². The van der Waals surface area contributed by atoms with Crippen LogP contribution in [0.4, 0.5) is 8.78 Å². The van der Waals surface area contributed by atoms with Gasteiger partial charge in [0.2, 0.25) is 0 Å². The number of carbonyl (C=O) groups excluding carboxylic acids is 1. The van der Waals surface area contributed by atoms with Crippen LogP contribution in [0.2, 0.25) is 0 Å². The number of aromatic nitrogens is 2. The molecule has 35 heavy (non-hydrogen) atoms. The van der Waals surface area contributed by atoms with E-state index in [0.717, 1.165) is 18.4 Å². The zero-order valence-corrected chi connectivity index (χ0v) is 19.2. The van der Waals surface area contributed by atoms with E-state index in [-0.39, 0.29) is 23.5 Å². The lowest BCUT2D eigenvalue weighted by molar-refractivity contribution is 0.0691. The Hall–Kier alpha value is -3.87. The molecule has 2 aromatic carbocycles. The van der Waals surface area contributed by atoms with Gasteiger partial charge in [0.05, 0.1) is 12.1 Å². The van der Waals surface area contributed by atoms with Crippen LogP contribution in [0.25, 0.3) is 0 Å². The molecule has 3 heterocycles. The summed E-state index contributed by atoms with van der Waals surface area (Å²) in [4.78, 5) is 24.0. The SMILES string of the molecule is O=C(c1cccc(Cc2ccccc2F)n1)N1CCC[C@@H](c2ncc(Cc3cccc(F)c3)o2)C1. The van der Waals surface area contributed by atoms with Gasteiger partial charge in [0, 0.05) is 31.6 Å². The molecule has 0 saturated carbocycles. The van der Waals surface area contributed by atoms with Gasteiger partial charge in [0.25, 0.3) is 5.91 Å². The number of hydrogen-bond donors (Lipinski definition) is 0. The van der Waals surface area contributed by atoms with E-state index in [9.17, 15) is 13.6 Å². The Morgan fingerprint density at radius 1 is 1.03 bits per heavy atom. The lowest BCUT2D eigenvalue weighted by atomic mass is 9.97. The van der Waals surface area contributed by atoms with Crippen molar-refractivity contribution in [1.82, 2.24) is 14.9 Å². The third kappa shape index (κ3) is 5.45. The molecule has 5 nitrogen and oxygen atoms in total. The summed E-state index contributed by atoms with van der Waals surface area (Å²) >= 11 is 0. The molecule has 1 amide bonds. The number of likely N-dealkylation sites (tertiary alicyclic amines) is 1. The highest BCUT2D eigenvalue weighted by Crippen LogP contribution is 2.28. The van der Waals surface area contributed by atoms with Crippen molar-refractivity contribution in [3.8, 4) is 0 Å². The molecule has 0 radical (unpaired) electrons. The summed E-state index contributed by atoms with van der Waals surface area (Å²) in [5.74, 6) is 0.516. The standard InChI is InChI=1S/C28H25F2N3O2/c29-22-9-3-6-19(14-22)15-24-17-31-27(35-24)21-8-5-13-33(18-21)28(34)26-12-4-10-23(32-26)16-20-7-1-2-11-25(20)30/h1-4,6-7,9-12,14,17,21H,5,8,13,15-16,18H2/t21-/m1/s1. The number of nitrogens with zero attached hydrogens (tertiary/aromatic N) is 3. The summed E-state index contributed by atoms with van der Waals surface area (Å²) in [5, 5.41) is 0. The first-order valence-electron chi connectivity index (χ1n) is 11.7. The normalized spacial score (nSPS) is 15.8. The van der Waals surface area contributed by atoms with Crippen LogP contribution in [0.15, 0.2) is 77.3 Å². The van der Waals surface area contributed by atoms with Crippen LogP contribution in [-0.2, 0) is 12.8 Å². The van der Waals surface area contributed by atoms with Crippen LogP contribution < -0.4 is 0 Å². The first-order valence-corrected chi connectivity index (χ1v) is 11.7. The third-order valence-corrected chi connectivity index (χ3v) is 6.25. The molecule has 178 valence electrons. The van der Waals surface area contributed by atoms with Gasteiger partial charge in [-0.1, -0.05) is 36.4 Å². The second-order valence-corrected chi connectivity index (χ2v) is 8.84. The van der Waals surface area contributed by atoms with Crippen LogP contribution in [-0.4, -0.2) is 33.9 Å². The topological polar surface area (TPSA) is 59.2 Å². The van der Waals surface area contributed by atoms with Gasteiger partial charge in [-0.2, -0.15) is 0 Å². The first kappa shape index (κ1) is 22.9. The Morgan fingerprint density at radius 2 is 1.89 bits per heavy atom. The molecular formula is C28H25F2N3O2. The molecule has 2 aromatic heterocycles. The smallest absolute Gasteiger partial charge is 0.272 e. The molecule has 1 saturated heterocycles. The maximum atomic E-state index is 14.0. The predicted molar refractivity (Wildman–Crippen MR) is 127 cm³/mol. The fourth-order valence-corrected chi connectivity index (χ4v) is 4.50. The minimum Gasteiger partial charge on any atom is -0.445 e. The maximum absolute atomic E-state index is 14.0. The van der Waals surface area contributed by atoms with Crippen molar-refractivity contribution in [2.45, 2.75) is 31.6 Å². The van der Waals surface area contributed by atoms with Crippen molar-refractivity contribution < 1.29 is 18.0 Å². The van der Waals surface area contributed by atoms with Gasteiger partial charge in [0.15, 0.2) is 5.89 Å². The summed E-state index contributed by atoms with van der Waals surface area (Å²) in [7, 11) is 0. The molecule has 0 unspecified atom stereocenters. The van der Waals surface area contributed by atoms with Gasteiger partial charge < -0.3 is 9.32 Å². The Bertz CT molecular complexity index is 1340. The van der Waals surface area contributed by atoms with E-state index in [0.29, 0.717) is 54.5 Å². The summed E-state index contributed by atoms with van der Waals surface area (Å²) in [6.07, 6.45) is 4.14.